The number of phenols is 1. The highest BCUT2D eigenvalue weighted by atomic mass is 16.5. The van der Waals surface area contributed by atoms with Crippen molar-refractivity contribution < 1.29 is 9.63 Å². The number of benzene rings is 1. The summed E-state index contributed by atoms with van der Waals surface area (Å²) in [5.41, 5.74) is 0.606. The molecule has 0 atom stereocenters. The van der Waals surface area contributed by atoms with Crippen molar-refractivity contribution in [1.29, 1.82) is 0 Å². The number of nitrogens with zero attached hydrogens (tertiary/aromatic N) is 2. The first kappa shape index (κ1) is 12.2. The molecule has 2 aromatic rings. The van der Waals surface area contributed by atoms with Crippen molar-refractivity contribution in [3.63, 3.8) is 0 Å². The maximum absolute atomic E-state index is 9.80. The van der Waals surface area contributed by atoms with E-state index in [2.05, 4.69) is 10.1 Å². The monoisotopic (exact) mass is 258 g/mol. The van der Waals surface area contributed by atoms with Crippen LogP contribution in [-0.4, -0.2) is 15.2 Å². The molecule has 19 heavy (non-hydrogen) atoms. The third kappa shape index (κ3) is 2.62. The number of hydrogen-bond acceptors (Lipinski definition) is 4. The summed E-state index contributed by atoms with van der Waals surface area (Å²) in [6.07, 6.45) is 7.37. The zero-order valence-corrected chi connectivity index (χ0v) is 10.9. The first-order valence-electron chi connectivity index (χ1n) is 6.96. The molecule has 1 N–H and O–H groups in total. The van der Waals surface area contributed by atoms with E-state index in [4.69, 9.17) is 4.52 Å². The summed E-state index contributed by atoms with van der Waals surface area (Å²) < 4.78 is 5.30. The van der Waals surface area contributed by atoms with Gasteiger partial charge in [-0.2, -0.15) is 4.98 Å². The van der Waals surface area contributed by atoms with Crippen LogP contribution in [0.25, 0.3) is 11.5 Å². The lowest BCUT2D eigenvalue weighted by Crippen LogP contribution is -1.99. The SMILES string of the molecule is Oc1ccccc1-c1nc(C2CCCCCC2)no1. The molecule has 0 bridgehead atoms. The van der Waals surface area contributed by atoms with E-state index in [0.29, 0.717) is 17.4 Å². The van der Waals surface area contributed by atoms with Crippen molar-refractivity contribution in [2.24, 2.45) is 0 Å². The van der Waals surface area contributed by atoms with Gasteiger partial charge in [0.1, 0.15) is 5.75 Å². The van der Waals surface area contributed by atoms with Gasteiger partial charge in [-0.3, -0.25) is 0 Å². The Morgan fingerprint density at radius 1 is 1.05 bits per heavy atom. The van der Waals surface area contributed by atoms with Crippen LogP contribution in [0, 0.1) is 0 Å². The van der Waals surface area contributed by atoms with Crippen LogP contribution in [0.1, 0.15) is 50.3 Å². The second-order valence-electron chi connectivity index (χ2n) is 5.16. The number of phenolic OH excluding ortho intramolecular Hbond substituents is 1. The summed E-state index contributed by atoms with van der Waals surface area (Å²) in [5, 5.41) is 13.9. The summed E-state index contributed by atoms with van der Waals surface area (Å²) in [6.45, 7) is 0. The molecule has 3 rings (SSSR count). The Balaban J connectivity index is 1.85. The molecule has 0 amide bonds. The van der Waals surface area contributed by atoms with E-state index in [-0.39, 0.29) is 5.75 Å². The van der Waals surface area contributed by atoms with Gasteiger partial charge in [0.2, 0.25) is 0 Å². The first-order chi connectivity index (χ1) is 9.34. The minimum absolute atomic E-state index is 0.179. The molecule has 1 aromatic heterocycles. The zero-order valence-electron chi connectivity index (χ0n) is 10.9. The highest BCUT2D eigenvalue weighted by Gasteiger charge is 2.21. The van der Waals surface area contributed by atoms with E-state index in [0.717, 1.165) is 18.7 Å². The Morgan fingerprint density at radius 2 is 1.79 bits per heavy atom. The topological polar surface area (TPSA) is 59.2 Å². The fourth-order valence-electron chi connectivity index (χ4n) is 2.70. The molecule has 1 saturated carbocycles. The predicted octanol–water partition coefficient (Wildman–Crippen LogP) is 3.88. The van der Waals surface area contributed by atoms with Crippen LogP contribution in [0.4, 0.5) is 0 Å². The molecule has 1 aromatic carbocycles. The molecule has 100 valence electrons. The van der Waals surface area contributed by atoms with Gasteiger partial charge in [-0.1, -0.05) is 43.0 Å². The van der Waals surface area contributed by atoms with Crippen molar-refractivity contribution in [3.05, 3.63) is 30.1 Å². The lowest BCUT2D eigenvalue weighted by atomic mass is 10.00. The molecular weight excluding hydrogens is 240 g/mol. The number of hydrogen-bond donors (Lipinski definition) is 1. The minimum atomic E-state index is 0.179. The minimum Gasteiger partial charge on any atom is -0.507 e. The number of aromatic hydroxyl groups is 1. The van der Waals surface area contributed by atoms with Gasteiger partial charge in [0.25, 0.3) is 5.89 Å². The fourth-order valence-corrected chi connectivity index (χ4v) is 2.70. The van der Waals surface area contributed by atoms with E-state index in [1.165, 1.54) is 25.7 Å². The van der Waals surface area contributed by atoms with E-state index in [1.807, 2.05) is 6.07 Å². The second kappa shape index (κ2) is 5.43. The first-order valence-corrected chi connectivity index (χ1v) is 6.96. The molecule has 1 aliphatic rings. The second-order valence-corrected chi connectivity index (χ2v) is 5.16. The Kier molecular flexibility index (Phi) is 3.49. The van der Waals surface area contributed by atoms with E-state index < -0.39 is 0 Å². The van der Waals surface area contributed by atoms with Crippen LogP contribution in [0.5, 0.6) is 5.75 Å². The molecule has 4 nitrogen and oxygen atoms in total. The summed E-state index contributed by atoms with van der Waals surface area (Å²) in [5.74, 6) is 1.79. The Labute approximate surface area is 112 Å². The average molecular weight is 258 g/mol. The molecule has 4 heteroatoms. The van der Waals surface area contributed by atoms with Crippen LogP contribution < -0.4 is 0 Å². The third-order valence-electron chi connectivity index (χ3n) is 3.80. The largest absolute Gasteiger partial charge is 0.507 e. The highest BCUT2D eigenvalue weighted by Crippen LogP contribution is 2.32. The Hall–Kier alpha value is -1.84. The molecule has 0 spiro atoms. The van der Waals surface area contributed by atoms with Crippen LogP contribution in [0.15, 0.2) is 28.8 Å². The van der Waals surface area contributed by atoms with Crippen LogP contribution in [0.3, 0.4) is 0 Å². The van der Waals surface area contributed by atoms with Crippen molar-refractivity contribution in [2.45, 2.75) is 44.4 Å². The lowest BCUT2D eigenvalue weighted by molar-refractivity contribution is 0.406. The van der Waals surface area contributed by atoms with Gasteiger partial charge in [-0.15, -0.1) is 0 Å². The Bertz CT molecular complexity index is 543. The van der Waals surface area contributed by atoms with Crippen LogP contribution >= 0.6 is 0 Å². The summed E-state index contributed by atoms with van der Waals surface area (Å²) in [6, 6.07) is 7.05. The van der Waals surface area contributed by atoms with Gasteiger partial charge < -0.3 is 9.63 Å². The predicted molar refractivity (Wildman–Crippen MR) is 71.8 cm³/mol. The number of aromatic nitrogens is 2. The fraction of sp³-hybridized carbons (Fsp3) is 0.467. The van der Waals surface area contributed by atoms with Crippen molar-refractivity contribution >= 4 is 0 Å². The summed E-state index contributed by atoms with van der Waals surface area (Å²) in [4.78, 5) is 4.47. The molecule has 1 heterocycles. The van der Waals surface area contributed by atoms with Gasteiger partial charge >= 0.3 is 0 Å². The van der Waals surface area contributed by atoms with Gasteiger partial charge in [0.15, 0.2) is 5.82 Å². The van der Waals surface area contributed by atoms with E-state index in [9.17, 15) is 5.11 Å². The molecule has 0 aliphatic heterocycles. The summed E-state index contributed by atoms with van der Waals surface area (Å²) >= 11 is 0. The molecule has 0 radical (unpaired) electrons. The smallest absolute Gasteiger partial charge is 0.261 e. The number of rotatable bonds is 2. The highest BCUT2D eigenvalue weighted by molar-refractivity contribution is 5.61. The average Bonchev–Trinajstić information content (AvgIpc) is 2.75. The normalized spacial score (nSPS) is 17.3. The van der Waals surface area contributed by atoms with Gasteiger partial charge in [0.05, 0.1) is 5.56 Å². The third-order valence-corrected chi connectivity index (χ3v) is 3.80. The standard InChI is InChI=1S/C15H18N2O2/c18-13-10-6-5-9-12(13)15-16-14(17-19-15)11-7-3-1-2-4-8-11/h5-6,9-11,18H,1-4,7-8H2. The van der Waals surface area contributed by atoms with Crippen molar-refractivity contribution in [1.82, 2.24) is 10.1 Å². The van der Waals surface area contributed by atoms with Crippen molar-refractivity contribution in [3.8, 4) is 17.2 Å². The molecule has 0 saturated heterocycles. The van der Waals surface area contributed by atoms with E-state index in [1.54, 1.807) is 18.2 Å². The van der Waals surface area contributed by atoms with Gasteiger partial charge in [0, 0.05) is 5.92 Å². The molecule has 1 aliphatic carbocycles. The quantitative estimate of drug-likeness (QED) is 0.830. The van der Waals surface area contributed by atoms with Gasteiger partial charge in [-0.25, -0.2) is 0 Å². The molecular formula is C15H18N2O2. The number of para-hydroxylation sites is 1. The van der Waals surface area contributed by atoms with E-state index >= 15 is 0 Å². The lowest BCUT2D eigenvalue weighted by Gasteiger charge is -2.07. The molecule has 0 unspecified atom stereocenters. The van der Waals surface area contributed by atoms with Crippen LogP contribution in [-0.2, 0) is 0 Å². The maximum Gasteiger partial charge on any atom is 0.261 e. The zero-order chi connectivity index (χ0) is 13.1. The van der Waals surface area contributed by atoms with Crippen molar-refractivity contribution in [2.75, 3.05) is 0 Å². The maximum atomic E-state index is 9.80. The Morgan fingerprint density at radius 3 is 2.53 bits per heavy atom. The summed E-state index contributed by atoms with van der Waals surface area (Å²) in [7, 11) is 0. The molecule has 1 fully saturated rings. The van der Waals surface area contributed by atoms with Crippen LogP contribution in [0.2, 0.25) is 0 Å². The van der Waals surface area contributed by atoms with Gasteiger partial charge in [-0.05, 0) is 25.0 Å².